The lowest BCUT2D eigenvalue weighted by molar-refractivity contribution is -0.142. The van der Waals surface area contributed by atoms with E-state index in [4.69, 9.17) is 24.7 Å². The summed E-state index contributed by atoms with van der Waals surface area (Å²) in [6.45, 7) is 6.33. The van der Waals surface area contributed by atoms with Crippen molar-refractivity contribution < 1.29 is 52.8 Å². The molecule has 7 N–H and O–H groups in total. The van der Waals surface area contributed by atoms with Gasteiger partial charge in [0.1, 0.15) is 25.0 Å². The number of hydrogen-bond donors (Lipinski definition) is 6. The second-order valence-corrected chi connectivity index (χ2v) is 14.4. The van der Waals surface area contributed by atoms with Crippen molar-refractivity contribution in [3.63, 3.8) is 0 Å². The monoisotopic (exact) mass is 816 g/mol. The zero-order valence-electron chi connectivity index (χ0n) is 35.2. The maximum atomic E-state index is 12.3. The van der Waals surface area contributed by atoms with E-state index in [0.717, 1.165) is 44.9 Å². The van der Waals surface area contributed by atoms with Crippen LogP contribution in [0.5, 0.6) is 0 Å². The van der Waals surface area contributed by atoms with Gasteiger partial charge >= 0.3 is 5.97 Å². The summed E-state index contributed by atoms with van der Waals surface area (Å²) in [5.74, 6) is -2.35. The summed E-state index contributed by atoms with van der Waals surface area (Å²) in [7, 11) is 0. The summed E-state index contributed by atoms with van der Waals surface area (Å²) in [6, 6.07) is -1.12. The molecule has 16 nitrogen and oxygen atoms in total. The molecule has 0 radical (unpaired) electrons. The molecule has 0 aliphatic carbocycles. The largest absolute Gasteiger partial charge is 0.480 e. The molecule has 0 saturated carbocycles. The first-order valence-electron chi connectivity index (χ1n) is 21.5. The van der Waals surface area contributed by atoms with Crippen molar-refractivity contribution in [1.29, 1.82) is 0 Å². The molecular weight excluding hydrogens is 738 g/mol. The van der Waals surface area contributed by atoms with E-state index in [9.17, 15) is 33.9 Å². The molecule has 0 rings (SSSR count). The molecule has 0 spiro atoms. The lowest BCUT2D eigenvalue weighted by Gasteiger charge is -2.14. The minimum absolute atomic E-state index is 0.00707. The van der Waals surface area contributed by atoms with Crippen LogP contribution >= 0.6 is 0 Å². The molecular formula is C41H77N5O11. The van der Waals surface area contributed by atoms with Gasteiger partial charge in [0, 0.05) is 38.4 Å². The van der Waals surface area contributed by atoms with Crippen LogP contribution in [-0.4, -0.2) is 126 Å². The summed E-state index contributed by atoms with van der Waals surface area (Å²) < 4.78 is 21.3. The number of amides is 4. The number of carbonyl (C=O) groups excluding carboxylic acids is 5. The number of carboxylic acid groups (broad SMARTS) is 1. The third-order valence-corrected chi connectivity index (χ3v) is 9.29. The highest BCUT2D eigenvalue weighted by molar-refractivity contribution is 5.84. The maximum Gasteiger partial charge on any atom is 0.326 e. The van der Waals surface area contributed by atoms with Gasteiger partial charge in [-0.05, 0) is 25.7 Å². The van der Waals surface area contributed by atoms with Crippen LogP contribution < -0.4 is 27.0 Å². The zero-order chi connectivity index (χ0) is 42.2. The molecule has 0 aromatic heterocycles. The Kier molecular flexibility index (Phi) is 37.4. The van der Waals surface area contributed by atoms with Crippen molar-refractivity contribution in [2.75, 3.05) is 79.0 Å². The Hall–Kier alpha value is -3.18. The van der Waals surface area contributed by atoms with Gasteiger partial charge in [-0.2, -0.15) is 0 Å². The Bertz CT molecular complexity index is 1070. The van der Waals surface area contributed by atoms with Crippen molar-refractivity contribution in [3.05, 3.63) is 0 Å². The minimum atomic E-state index is -1.17. The first-order valence-corrected chi connectivity index (χ1v) is 21.5. The van der Waals surface area contributed by atoms with Gasteiger partial charge in [0.05, 0.1) is 46.2 Å². The van der Waals surface area contributed by atoms with Crippen LogP contribution in [0.3, 0.4) is 0 Å². The van der Waals surface area contributed by atoms with Gasteiger partial charge in [-0.1, -0.05) is 97.3 Å². The summed E-state index contributed by atoms with van der Waals surface area (Å²) >= 11 is 0. The van der Waals surface area contributed by atoms with Crippen molar-refractivity contribution in [2.45, 2.75) is 142 Å². The fourth-order valence-corrected chi connectivity index (χ4v) is 5.75. The van der Waals surface area contributed by atoms with E-state index in [0.29, 0.717) is 6.54 Å². The molecule has 2 atom stereocenters. The van der Waals surface area contributed by atoms with Crippen molar-refractivity contribution >= 4 is 35.4 Å². The molecule has 0 fully saturated rings. The molecule has 16 heteroatoms. The number of nitrogens with two attached hydrogens (primary N) is 1. The molecule has 0 saturated heterocycles. The fourth-order valence-electron chi connectivity index (χ4n) is 5.75. The number of nitrogens with one attached hydrogen (secondary N) is 4. The number of aliphatic carboxylic acids is 1. The van der Waals surface area contributed by atoms with Crippen LogP contribution in [0.25, 0.3) is 0 Å². The number of hydrogen-bond acceptors (Lipinski definition) is 11. The molecule has 57 heavy (non-hydrogen) atoms. The van der Waals surface area contributed by atoms with E-state index in [1.165, 1.54) is 57.8 Å². The highest BCUT2D eigenvalue weighted by Gasteiger charge is 2.21. The lowest BCUT2D eigenvalue weighted by Crippen LogP contribution is -2.41. The average Bonchev–Trinajstić information content (AvgIpc) is 3.19. The molecule has 0 aliphatic rings. The Morgan fingerprint density at radius 3 is 1.51 bits per heavy atom. The fraction of sp³-hybridized carbons (Fsp3) is 0.854. The first kappa shape index (κ1) is 53.8. The van der Waals surface area contributed by atoms with Crippen molar-refractivity contribution in [3.8, 4) is 0 Å². The molecule has 1 unspecified atom stereocenters. The van der Waals surface area contributed by atoms with E-state index in [-0.39, 0.29) is 127 Å². The van der Waals surface area contributed by atoms with Crippen LogP contribution in [0.1, 0.15) is 136 Å². The Morgan fingerprint density at radius 1 is 0.526 bits per heavy atom. The predicted octanol–water partition coefficient (Wildman–Crippen LogP) is 3.57. The van der Waals surface area contributed by atoms with Gasteiger partial charge in [-0.15, -0.1) is 0 Å². The SMILES string of the molecule is CCCCCCCCCCCCCCCC(=O)NC(CCC(=O)NCCOCCOCC(=O)NCCOCCOCC(=O)NCCCC[C@H](C)C(=O)CN)C(=O)O. The molecule has 0 aliphatic heterocycles. The van der Waals surface area contributed by atoms with Gasteiger partial charge in [0.25, 0.3) is 0 Å². The van der Waals surface area contributed by atoms with Crippen LogP contribution in [0.15, 0.2) is 0 Å². The van der Waals surface area contributed by atoms with Gasteiger partial charge in [0.2, 0.25) is 23.6 Å². The van der Waals surface area contributed by atoms with E-state index in [1.807, 2.05) is 6.92 Å². The smallest absolute Gasteiger partial charge is 0.326 e. The topological polar surface area (TPSA) is 234 Å². The second-order valence-electron chi connectivity index (χ2n) is 14.4. The molecule has 0 aromatic carbocycles. The predicted molar refractivity (Wildman–Crippen MR) is 218 cm³/mol. The zero-order valence-corrected chi connectivity index (χ0v) is 35.2. The van der Waals surface area contributed by atoms with E-state index in [1.54, 1.807) is 0 Å². The number of carbonyl (C=O) groups is 6. The summed E-state index contributed by atoms with van der Waals surface area (Å²) in [5.41, 5.74) is 5.35. The normalized spacial score (nSPS) is 12.1. The Balaban J connectivity index is 3.66. The molecule has 0 heterocycles. The van der Waals surface area contributed by atoms with Crippen LogP contribution in [0, 0.1) is 5.92 Å². The first-order chi connectivity index (χ1) is 27.6. The molecule has 332 valence electrons. The van der Waals surface area contributed by atoms with Gasteiger partial charge in [-0.25, -0.2) is 4.79 Å². The Morgan fingerprint density at radius 2 is 1.00 bits per heavy atom. The third-order valence-electron chi connectivity index (χ3n) is 9.29. The highest BCUT2D eigenvalue weighted by atomic mass is 16.5. The molecule has 4 amide bonds. The lowest BCUT2D eigenvalue weighted by atomic mass is 9.99. The second kappa shape index (κ2) is 39.6. The van der Waals surface area contributed by atoms with E-state index >= 15 is 0 Å². The van der Waals surface area contributed by atoms with Crippen molar-refractivity contribution in [1.82, 2.24) is 21.3 Å². The number of carboxylic acids is 1. The maximum absolute atomic E-state index is 12.3. The minimum Gasteiger partial charge on any atom is -0.480 e. The van der Waals surface area contributed by atoms with Crippen LogP contribution in [0.4, 0.5) is 0 Å². The summed E-state index contributed by atoms with van der Waals surface area (Å²) in [4.78, 5) is 71.2. The highest BCUT2D eigenvalue weighted by Crippen LogP contribution is 2.13. The van der Waals surface area contributed by atoms with Crippen LogP contribution in [-0.2, 0) is 47.7 Å². The standard InChI is InChI=1S/C41H77N5O11/c1-3-4-5-6-7-8-9-10-11-12-13-14-15-19-38(49)46-35(41(52)53)20-21-37(48)44-23-25-54-27-30-57-33-40(51)45-24-26-55-28-29-56-32-39(50)43-22-17-16-18-34(2)36(47)31-42/h34-35H,3-33,42H2,1-2H3,(H,43,50)(H,44,48)(H,45,51)(H,46,49)(H,52,53)/t34-,35?/m0/s1. The number of rotatable bonds is 42. The van der Waals surface area contributed by atoms with Gasteiger partial charge < -0.3 is 51.1 Å². The van der Waals surface area contributed by atoms with Crippen LogP contribution in [0.2, 0.25) is 0 Å². The number of Topliss-reactive ketones (excluding diaryl/α,β-unsaturated/α-hetero) is 1. The average molecular weight is 816 g/mol. The quantitative estimate of drug-likeness (QED) is 0.0486. The summed E-state index contributed by atoms with van der Waals surface area (Å²) in [5, 5.41) is 20.1. The number of ketones is 1. The van der Waals surface area contributed by atoms with Crippen molar-refractivity contribution in [2.24, 2.45) is 11.7 Å². The van der Waals surface area contributed by atoms with Gasteiger partial charge in [-0.3, -0.25) is 24.0 Å². The number of unbranched alkanes of at least 4 members (excludes halogenated alkanes) is 13. The summed E-state index contributed by atoms with van der Waals surface area (Å²) in [6.07, 6.45) is 18.2. The molecule has 0 aromatic rings. The van der Waals surface area contributed by atoms with E-state index in [2.05, 4.69) is 28.2 Å². The van der Waals surface area contributed by atoms with E-state index < -0.39 is 12.0 Å². The van der Waals surface area contributed by atoms with Gasteiger partial charge in [0.15, 0.2) is 0 Å². The number of ether oxygens (including phenoxy) is 4. The third kappa shape index (κ3) is 36.9. The molecule has 0 bridgehead atoms. The Labute approximate surface area is 341 Å².